The third-order valence-corrected chi connectivity index (χ3v) is 5.96. The summed E-state index contributed by atoms with van der Waals surface area (Å²) in [5.41, 5.74) is 1.77. The van der Waals surface area contributed by atoms with Gasteiger partial charge in [0.2, 0.25) is 15.9 Å². The number of nitrogens with one attached hydrogen (secondary N) is 1. The molecule has 0 aromatic heterocycles. The number of hydrogen-bond acceptors (Lipinski definition) is 4. The van der Waals surface area contributed by atoms with E-state index in [0.29, 0.717) is 18.0 Å². The summed E-state index contributed by atoms with van der Waals surface area (Å²) in [6.45, 7) is 2.14. The van der Waals surface area contributed by atoms with Crippen LogP contribution < -0.4 is 14.4 Å². The molecule has 1 atom stereocenters. The second-order valence-corrected chi connectivity index (χ2v) is 9.11. The first-order valence-corrected chi connectivity index (χ1v) is 12.0. The Morgan fingerprint density at radius 2 is 1.62 bits per heavy atom. The summed E-state index contributed by atoms with van der Waals surface area (Å²) in [5.74, 6) is -0.336. The van der Waals surface area contributed by atoms with Crippen LogP contribution in [0.3, 0.4) is 0 Å². The zero-order valence-electron chi connectivity index (χ0n) is 17.9. The van der Waals surface area contributed by atoms with Crippen LogP contribution in [0.25, 0.3) is 0 Å². The van der Waals surface area contributed by atoms with Gasteiger partial charge in [0.05, 0.1) is 11.9 Å². The van der Waals surface area contributed by atoms with Crippen LogP contribution in [-0.2, 0) is 21.4 Å². The molecule has 0 aliphatic rings. The van der Waals surface area contributed by atoms with Crippen molar-refractivity contribution in [2.45, 2.75) is 26.0 Å². The van der Waals surface area contributed by atoms with Gasteiger partial charge in [0.15, 0.2) is 0 Å². The van der Waals surface area contributed by atoms with Gasteiger partial charge in [0.1, 0.15) is 24.2 Å². The van der Waals surface area contributed by atoms with E-state index in [0.717, 1.165) is 28.3 Å². The van der Waals surface area contributed by atoms with Gasteiger partial charge in [-0.1, -0.05) is 37.3 Å². The molecule has 1 N–H and O–H groups in total. The molecule has 0 spiro atoms. The topological polar surface area (TPSA) is 75.7 Å². The van der Waals surface area contributed by atoms with Crippen molar-refractivity contribution in [3.05, 3.63) is 90.2 Å². The first-order chi connectivity index (χ1) is 15.3. The predicted octanol–water partition coefficient (Wildman–Crippen LogP) is 4.59. The number of carbonyl (C=O) groups excluding carboxylic acids is 1. The van der Waals surface area contributed by atoms with E-state index in [1.165, 1.54) is 12.1 Å². The van der Waals surface area contributed by atoms with Crippen molar-refractivity contribution in [2.24, 2.45) is 0 Å². The number of sulfonamides is 1. The number of halogens is 1. The molecule has 0 saturated heterocycles. The van der Waals surface area contributed by atoms with Crippen LogP contribution in [0.2, 0.25) is 0 Å². The van der Waals surface area contributed by atoms with Crippen molar-refractivity contribution in [1.82, 2.24) is 0 Å². The summed E-state index contributed by atoms with van der Waals surface area (Å²) in [7, 11) is -3.79. The minimum Gasteiger partial charge on any atom is -0.489 e. The first kappa shape index (κ1) is 23.3. The zero-order chi connectivity index (χ0) is 23.1. The summed E-state index contributed by atoms with van der Waals surface area (Å²) < 4.78 is 44.9. The Balaban J connectivity index is 1.71. The normalized spacial score (nSPS) is 12.1. The standard InChI is InChI=1S/C24H25FN2O4S/c1-3-23(27(32(2,29)30)21-13-9-19(25)10-14-21)24(28)26-20-11-15-22(16-12-20)31-17-18-7-5-4-6-8-18/h4-16,23H,3,17H2,1-2H3,(H,26,28)/t23-/m1/s1. The Hall–Kier alpha value is -3.39. The monoisotopic (exact) mass is 456 g/mol. The fraction of sp³-hybridized carbons (Fsp3) is 0.208. The second kappa shape index (κ2) is 10.3. The first-order valence-electron chi connectivity index (χ1n) is 10.1. The van der Waals surface area contributed by atoms with E-state index in [1.807, 2.05) is 30.3 Å². The fourth-order valence-corrected chi connectivity index (χ4v) is 4.46. The van der Waals surface area contributed by atoms with Crippen LogP contribution in [-0.4, -0.2) is 26.6 Å². The van der Waals surface area contributed by atoms with Crippen LogP contribution in [0, 0.1) is 5.82 Å². The highest BCUT2D eigenvalue weighted by molar-refractivity contribution is 7.92. The van der Waals surface area contributed by atoms with Crippen LogP contribution in [0.1, 0.15) is 18.9 Å². The average molecular weight is 457 g/mol. The highest BCUT2D eigenvalue weighted by Gasteiger charge is 2.31. The Morgan fingerprint density at radius 3 is 2.19 bits per heavy atom. The molecule has 0 bridgehead atoms. The third kappa shape index (κ3) is 6.07. The van der Waals surface area contributed by atoms with Crippen molar-refractivity contribution in [3.63, 3.8) is 0 Å². The predicted molar refractivity (Wildman–Crippen MR) is 124 cm³/mol. The van der Waals surface area contributed by atoms with Gasteiger partial charge in [0.25, 0.3) is 0 Å². The molecule has 0 saturated carbocycles. The van der Waals surface area contributed by atoms with Crippen LogP contribution >= 0.6 is 0 Å². The SMILES string of the molecule is CC[C@H](C(=O)Nc1ccc(OCc2ccccc2)cc1)N(c1ccc(F)cc1)S(C)(=O)=O. The summed E-state index contributed by atoms with van der Waals surface area (Å²) in [6.07, 6.45) is 1.25. The second-order valence-electron chi connectivity index (χ2n) is 7.25. The lowest BCUT2D eigenvalue weighted by atomic mass is 10.1. The highest BCUT2D eigenvalue weighted by atomic mass is 32.2. The molecule has 0 aliphatic heterocycles. The largest absolute Gasteiger partial charge is 0.489 e. The fourth-order valence-electron chi connectivity index (χ4n) is 3.25. The number of benzene rings is 3. The van der Waals surface area contributed by atoms with E-state index in [1.54, 1.807) is 31.2 Å². The highest BCUT2D eigenvalue weighted by Crippen LogP contribution is 2.24. The van der Waals surface area contributed by atoms with E-state index in [2.05, 4.69) is 5.32 Å². The van der Waals surface area contributed by atoms with Crippen molar-refractivity contribution in [1.29, 1.82) is 0 Å². The molecule has 1 amide bonds. The van der Waals surface area contributed by atoms with Gasteiger partial charge in [-0.25, -0.2) is 12.8 Å². The number of ether oxygens (including phenoxy) is 1. The van der Waals surface area contributed by atoms with E-state index in [9.17, 15) is 17.6 Å². The number of nitrogens with zero attached hydrogens (tertiary/aromatic N) is 1. The third-order valence-electron chi connectivity index (χ3n) is 4.78. The molecule has 3 aromatic carbocycles. The lowest BCUT2D eigenvalue weighted by Gasteiger charge is -2.30. The Morgan fingerprint density at radius 1 is 1.00 bits per heavy atom. The minimum absolute atomic E-state index is 0.223. The van der Waals surface area contributed by atoms with Gasteiger partial charge in [-0.2, -0.15) is 0 Å². The quantitative estimate of drug-likeness (QED) is 0.511. The molecule has 32 heavy (non-hydrogen) atoms. The van der Waals surface area contributed by atoms with Crippen molar-refractivity contribution < 1.29 is 22.3 Å². The van der Waals surface area contributed by atoms with Gasteiger partial charge >= 0.3 is 0 Å². The molecule has 0 radical (unpaired) electrons. The van der Waals surface area contributed by atoms with Crippen LogP contribution in [0.5, 0.6) is 5.75 Å². The number of amides is 1. The number of carbonyl (C=O) groups is 1. The molecule has 8 heteroatoms. The Bertz CT molecular complexity index is 1130. The molecular formula is C24H25FN2O4S. The zero-order valence-corrected chi connectivity index (χ0v) is 18.7. The maximum atomic E-state index is 13.3. The smallest absolute Gasteiger partial charge is 0.248 e. The molecule has 3 aromatic rings. The molecule has 0 heterocycles. The van der Waals surface area contributed by atoms with Crippen molar-refractivity contribution in [3.8, 4) is 5.75 Å². The molecule has 168 valence electrons. The van der Waals surface area contributed by atoms with Gasteiger partial charge in [-0.15, -0.1) is 0 Å². The maximum Gasteiger partial charge on any atom is 0.248 e. The van der Waals surface area contributed by atoms with E-state index in [4.69, 9.17) is 4.74 Å². The summed E-state index contributed by atoms with van der Waals surface area (Å²) in [4.78, 5) is 12.9. The Labute approximate surface area is 187 Å². The molecule has 0 unspecified atom stereocenters. The maximum absolute atomic E-state index is 13.3. The van der Waals surface area contributed by atoms with Crippen molar-refractivity contribution >= 4 is 27.3 Å². The summed E-state index contributed by atoms with van der Waals surface area (Å²) in [5, 5.41) is 2.75. The number of rotatable bonds is 9. The Kier molecular flexibility index (Phi) is 7.48. The van der Waals surface area contributed by atoms with Crippen LogP contribution in [0.4, 0.5) is 15.8 Å². The number of anilines is 2. The van der Waals surface area contributed by atoms with E-state index >= 15 is 0 Å². The van der Waals surface area contributed by atoms with E-state index in [-0.39, 0.29) is 12.1 Å². The molecule has 0 fully saturated rings. The van der Waals surface area contributed by atoms with Gasteiger partial charge in [-0.05, 0) is 60.5 Å². The molecule has 0 aliphatic carbocycles. The minimum atomic E-state index is -3.79. The summed E-state index contributed by atoms with van der Waals surface area (Å²) >= 11 is 0. The molecule has 6 nitrogen and oxygen atoms in total. The average Bonchev–Trinajstić information content (AvgIpc) is 2.77. The van der Waals surface area contributed by atoms with Gasteiger partial charge in [-0.3, -0.25) is 9.10 Å². The van der Waals surface area contributed by atoms with Gasteiger partial charge < -0.3 is 10.1 Å². The van der Waals surface area contributed by atoms with E-state index < -0.39 is 27.8 Å². The van der Waals surface area contributed by atoms with Crippen molar-refractivity contribution in [2.75, 3.05) is 15.9 Å². The lowest BCUT2D eigenvalue weighted by molar-refractivity contribution is -0.117. The molecule has 3 rings (SSSR count). The van der Waals surface area contributed by atoms with Gasteiger partial charge in [0, 0.05) is 5.69 Å². The summed E-state index contributed by atoms with van der Waals surface area (Å²) in [6, 6.07) is 20.6. The lowest BCUT2D eigenvalue weighted by Crippen LogP contribution is -2.47. The molecular weight excluding hydrogens is 431 g/mol. The van der Waals surface area contributed by atoms with Crippen LogP contribution in [0.15, 0.2) is 78.9 Å². The number of hydrogen-bond donors (Lipinski definition) is 1.